The second-order valence-corrected chi connectivity index (χ2v) is 8.29. The lowest BCUT2D eigenvalue weighted by molar-refractivity contribution is 0.115. The van der Waals surface area contributed by atoms with Crippen LogP contribution < -0.4 is 5.32 Å². The topological polar surface area (TPSA) is 69.6 Å². The highest BCUT2D eigenvalue weighted by Crippen LogP contribution is 2.19. The molecule has 0 bridgehead atoms. The first-order valence-electron chi connectivity index (χ1n) is 7.60. The second-order valence-electron chi connectivity index (χ2n) is 6.14. The summed E-state index contributed by atoms with van der Waals surface area (Å²) in [7, 11) is -0.363. The summed E-state index contributed by atoms with van der Waals surface area (Å²) < 4.78 is 25.5. The van der Waals surface area contributed by atoms with Crippen LogP contribution in [0.3, 0.4) is 0 Å². The van der Waals surface area contributed by atoms with Crippen molar-refractivity contribution in [1.29, 1.82) is 0 Å². The number of nitrogens with one attached hydrogen (secondary N) is 1. The Bertz CT molecular complexity index is 571. The van der Waals surface area contributed by atoms with Gasteiger partial charge in [-0.25, -0.2) is 12.7 Å². The molecule has 22 heavy (non-hydrogen) atoms. The maximum Gasteiger partial charge on any atom is 0.242 e. The highest BCUT2D eigenvalue weighted by molar-refractivity contribution is 7.89. The van der Waals surface area contributed by atoms with Gasteiger partial charge in [0, 0.05) is 20.1 Å². The lowest BCUT2D eigenvalue weighted by Gasteiger charge is -2.19. The van der Waals surface area contributed by atoms with Crippen LogP contribution in [0, 0.1) is 5.92 Å². The van der Waals surface area contributed by atoms with E-state index in [0.29, 0.717) is 17.9 Å². The quantitative estimate of drug-likeness (QED) is 0.766. The van der Waals surface area contributed by atoms with E-state index in [0.717, 1.165) is 5.56 Å². The van der Waals surface area contributed by atoms with Gasteiger partial charge in [-0.3, -0.25) is 0 Å². The molecule has 0 radical (unpaired) electrons. The van der Waals surface area contributed by atoms with Crippen LogP contribution in [0.25, 0.3) is 0 Å². The Balaban J connectivity index is 2.73. The lowest BCUT2D eigenvalue weighted by Crippen LogP contribution is -2.26. The van der Waals surface area contributed by atoms with Crippen molar-refractivity contribution in [3.8, 4) is 0 Å². The summed E-state index contributed by atoms with van der Waals surface area (Å²) in [6, 6.07) is 6.99. The number of nitrogens with zero attached hydrogens (tertiary/aromatic N) is 1. The average Bonchev–Trinajstić information content (AvgIpc) is 2.46. The monoisotopic (exact) mass is 328 g/mol. The van der Waals surface area contributed by atoms with E-state index in [1.54, 1.807) is 18.2 Å². The summed E-state index contributed by atoms with van der Waals surface area (Å²) in [5.74, 6) is 0.241. The van der Waals surface area contributed by atoms with Crippen LogP contribution in [0.15, 0.2) is 29.2 Å². The molecule has 0 aliphatic carbocycles. The highest BCUT2D eigenvalue weighted by atomic mass is 32.2. The van der Waals surface area contributed by atoms with Gasteiger partial charge in [-0.2, -0.15) is 0 Å². The molecule has 1 rings (SSSR count). The predicted molar refractivity (Wildman–Crippen MR) is 89.2 cm³/mol. The zero-order valence-corrected chi connectivity index (χ0v) is 14.9. The number of aliphatic hydroxyl groups excluding tert-OH is 1. The number of hydrogen-bond donors (Lipinski definition) is 2. The number of hydrogen-bond acceptors (Lipinski definition) is 4. The van der Waals surface area contributed by atoms with Gasteiger partial charge in [0.05, 0.1) is 11.0 Å². The van der Waals surface area contributed by atoms with Crippen LogP contribution in [-0.2, 0) is 10.0 Å². The largest absolute Gasteiger partial charge is 0.393 e. The molecule has 5 nitrogen and oxygen atoms in total. The van der Waals surface area contributed by atoms with E-state index < -0.39 is 10.0 Å². The van der Waals surface area contributed by atoms with E-state index in [2.05, 4.69) is 5.32 Å². The molecule has 0 aliphatic heterocycles. The van der Waals surface area contributed by atoms with Gasteiger partial charge >= 0.3 is 0 Å². The van der Waals surface area contributed by atoms with E-state index >= 15 is 0 Å². The van der Waals surface area contributed by atoms with E-state index in [-0.39, 0.29) is 18.1 Å². The maximum atomic E-state index is 12.2. The van der Waals surface area contributed by atoms with Gasteiger partial charge in [0.1, 0.15) is 0 Å². The fraction of sp³-hybridized carbons (Fsp3) is 0.625. The number of rotatable bonds is 8. The molecule has 1 aromatic rings. The van der Waals surface area contributed by atoms with E-state index in [4.69, 9.17) is 0 Å². The molecule has 126 valence electrons. The molecule has 2 N–H and O–H groups in total. The molecule has 0 aromatic heterocycles. The van der Waals surface area contributed by atoms with Gasteiger partial charge in [-0.15, -0.1) is 0 Å². The number of aliphatic hydroxyl groups is 1. The normalized spacial score (nSPS) is 15.3. The summed E-state index contributed by atoms with van der Waals surface area (Å²) in [4.78, 5) is 0.297. The Morgan fingerprint density at radius 3 is 2.41 bits per heavy atom. The molecular weight excluding hydrogens is 300 g/mol. The third-order valence-electron chi connectivity index (χ3n) is 3.80. The molecule has 1 aromatic carbocycles. The number of benzene rings is 1. The molecule has 0 aliphatic rings. The van der Waals surface area contributed by atoms with Crippen LogP contribution in [0.1, 0.15) is 38.8 Å². The molecule has 0 saturated carbocycles. The Labute approximate surface area is 134 Å². The first kappa shape index (κ1) is 19.1. The molecule has 0 heterocycles. The summed E-state index contributed by atoms with van der Waals surface area (Å²) in [5, 5.41) is 13.1. The lowest BCUT2D eigenvalue weighted by atomic mass is 10.0. The van der Waals surface area contributed by atoms with Crippen molar-refractivity contribution in [2.24, 2.45) is 5.92 Å². The van der Waals surface area contributed by atoms with Gasteiger partial charge in [0.25, 0.3) is 0 Å². The minimum atomic E-state index is -3.41. The van der Waals surface area contributed by atoms with Crippen molar-refractivity contribution >= 4 is 10.0 Å². The standard InChI is InChI=1S/C16H28N2O3S/c1-12(2)16(19)9-10-17-13(3)14-7-6-8-15(11-14)22(20,21)18(4)5/h6-8,11-13,16-17,19H,9-10H2,1-5H3. The van der Waals surface area contributed by atoms with Crippen molar-refractivity contribution in [3.05, 3.63) is 29.8 Å². The first-order valence-corrected chi connectivity index (χ1v) is 9.04. The summed E-state index contributed by atoms with van der Waals surface area (Å²) >= 11 is 0. The van der Waals surface area contributed by atoms with Gasteiger partial charge in [0.15, 0.2) is 0 Å². The highest BCUT2D eigenvalue weighted by Gasteiger charge is 2.18. The summed E-state index contributed by atoms with van der Waals surface area (Å²) in [5.41, 5.74) is 0.918. The molecule has 0 spiro atoms. The van der Waals surface area contributed by atoms with Gasteiger partial charge in [0.2, 0.25) is 10.0 Å². The fourth-order valence-corrected chi connectivity index (χ4v) is 3.01. The van der Waals surface area contributed by atoms with Crippen LogP contribution >= 0.6 is 0 Å². The Kier molecular flexibility index (Phi) is 6.99. The van der Waals surface area contributed by atoms with Gasteiger partial charge in [-0.05, 0) is 43.5 Å². The molecule has 0 fully saturated rings. The van der Waals surface area contributed by atoms with Crippen molar-refractivity contribution in [3.63, 3.8) is 0 Å². The Morgan fingerprint density at radius 1 is 1.23 bits per heavy atom. The van der Waals surface area contributed by atoms with Crippen LogP contribution in [0.2, 0.25) is 0 Å². The van der Waals surface area contributed by atoms with Crippen molar-refractivity contribution in [2.75, 3.05) is 20.6 Å². The van der Waals surface area contributed by atoms with E-state index in [1.807, 2.05) is 26.8 Å². The molecule has 0 amide bonds. The van der Waals surface area contributed by atoms with E-state index in [1.165, 1.54) is 18.4 Å². The van der Waals surface area contributed by atoms with Crippen LogP contribution in [0.5, 0.6) is 0 Å². The number of sulfonamides is 1. The fourth-order valence-electron chi connectivity index (χ4n) is 2.05. The third-order valence-corrected chi connectivity index (χ3v) is 5.61. The second kappa shape index (κ2) is 8.06. The summed E-state index contributed by atoms with van der Waals surface area (Å²) in [6.07, 6.45) is 0.359. The first-order chi connectivity index (χ1) is 10.2. The van der Waals surface area contributed by atoms with Crippen LogP contribution in [-0.4, -0.2) is 44.6 Å². The van der Waals surface area contributed by atoms with Crippen molar-refractivity contribution in [2.45, 2.75) is 44.2 Å². The molecular formula is C16H28N2O3S. The summed E-state index contributed by atoms with van der Waals surface area (Å²) in [6.45, 7) is 6.65. The molecule has 0 saturated heterocycles. The maximum absolute atomic E-state index is 12.2. The average molecular weight is 328 g/mol. The SMILES string of the molecule is CC(NCCC(O)C(C)C)c1cccc(S(=O)(=O)N(C)C)c1. The van der Waals surface area contributed by atoms with Gasteiger partial charge < -0.3 is 10.4 Å². The smallest absolute Gasteiger partial charge is 0.242 e. The molecule has 2 unspecified atom stereocenters. The minimum Gasteiger partial charge on any atom is -0.393 e. The Hall–Kier alpha value is -0.950. The minimum absolute atomic E-state index is 0.0247. The van der Waals surface area contributed by atoms with Crippen LogP contribution in [0.4, 0.5) is 0 Å². The predicted octanol–water partition coefficient (Wildman–Crippen LogP) is 1.99. The Morgan fingerprint density at radius 2 is 1.86 bits per heavy atom. The van der Waals surface area contributed by atoms with E-state index in [9.17, 15) is 13.5 Å². The molecule has 2 atom stereocenters. The van der Waals surface area contributed by atoms with Crippen molar-refractivity contribution < 1.29 is 13.5 Å². The molecule has 6 heteroatoms. The zero-order chi connectivity index (χ0) is 16.9. The third kappa shape index (κ3) is 5.05. The van der Waals surface area contributed by atoms with Crippen molar-refractivity contribution in [1.82, 2.24) is 9.62 Å². The zero-order valence-electron chi connectivity index (χ0n) is 14.1. The van der Waals surface area contributed by atoms with Gasteiger partial charge in [-0.1, -0.05) is 26.0 Å².